The number of anilines is 1. The molecular weight excluding hydrogens is 389 g/mol. The molecule has 12 heteroatoms. The van der Waals surface area contributed by atoms with E-state index in [0.717, 1.165) is 10.4 Å². The molecule has 3 aromatic rings. The molecular formula is C16H16FN7O3S. The molecule has 0 bridgehead atoms. The zero-order valence-electron chi connectivity index (χ0n) is 14.9. The molecule has 0 atom stereocenters. The minimum atomic E-state index is -3.86. The van der Waals surface area contributed by atoms with E-state index in [1.165, 1.54) is 48.4 Å². The number of hydrogen-bond acceptors (Lipinski definition) is 7. The summed E-state index contributed by atoms with van der Waals surface area (Å²) in [5.41, 5.74) is 0.320. The third-order valence-electron chi connectivity index (χ3n) is 3.79. The Kier molecular flexibility index (Phi) is 5.42. The molecule has 0 saturated carbocycles. The van der Waals surface area contributed by atoms with Crippen molar-refractivity contribution in [2.24, 2.45) is 0 Å². The number of aryl methyl sites for hydroxylation is 1. The smallest absolute Gasteiger partial charge is 0.244 e. The maximum Gasteiger partial charge on any atom is 0.244 e. The Morgan fingerprint density at radius 1 is 1.32 bits per heavy atom. The Bertz CT molecular complexity index is 1100. The first-order chi connectivity index (χ1) is 13.3. The van der Waals surface area contributed by atoms with Crippen molar-refractivity contribution in [1.29, 1.82) is 0 Å². The fourth-order valence-electron chi connectivity index (χ4n) is 2.37. The average molecular weight is 405 g/mol. The molecule has 1 N–H and O–H groups in total. The van der Waals surface area contributed by atoms with Crippen LogP contribution in [0.5, 0.6) is 0 Å². The standard InChI is InChI=1S/C16H16FN7O3S/c1-11-20-21-22-24(11)15-8-12(5-6-14(15)17)19-16(25)10-23(2)28(26,27)13-4-3-7-18-9-13/h3-9H,10H2,1-2H3,(H,19,25). The molecule has 3 rings (SSSR count). The zero-order chi connectivity index (χ0) is 20.3. The number of pyridine rings is 1. The van der Waals surface area contributed by atoms with Gasteiger partial charge in [-0.3, -0.25) is 9.78 Å². The van der Waals surface area contributed by atoms with Gasteiger partial charge in [-0.2, -0.15) is 8.99 Å². The van der Waals surface area contributed by atoms with E-state index < -0.39 is 28.3 Å². The first kappa shape index (κ1) is 19.5. The Hall–Kier alpha value is -3.25. The number of benzene rings is 1. The second kappa shape index (κ2) is 7.78. The molecule has 0 spiro atoms. The summed E-state index contributed by atoms with van der Waals surface area (Å²) in [6.45, 7) is 1.16. The molecule has 0 aliphatic heterocycles. The van der Waals surface area contributed by atoms with Gasteiger partial charge < -0.3 is 5.32 Å². The van der Waals surface area contributed by atoms with Gasteiger partial charge in [-0.25, -0.2) is 12.8 Å². The highest BCUT2D eigenvalue weighted by Gasteiger charge is 2.23. The van der Waals surface area contributed by atoms with Gasteiger partial charge in [0.05, 0.1) is 6.54 Å². The predicted molar refractivity (Wildman–Crippen MR) is 96.5 cm³/mol. The number of aromatic nitrogens is 5. The number of rotatable bonds is 6. The number of halogens is 1. The van der Waals surface area contributed by atoms with E-state index in [1.807, 2.05) is 0 Å². The molecule has 0 fully saturated rings. The van der Waals surface area contributed by atoms with E-state index in [4.69, 9.17) is 0 Å². The maximum absolute atomic E-state index is 14.1. The van der Waals surface area contributed by atoms with Crippen LogP contribution in [-0.2, 0) is 14.8 Å². The second-order valence-electron chi connectivity index (χ2n) is 5.80. The molecule has 1 aromatic carbocycles. The fraction of sp³-hybridized carbons (Fsp3) is 0.188. The fourth-order valence-corrected chi connectivity index (χ4v) is 3.47. The van der Waals surface area contributed by atoms with Crippen LogP contribution in [0, 0.1) is 12.7 Å². The topological polar surface area (TPSA) is 123 Å². The summed E-state index contributed by atoms with van der Waals surface area (Å²) >= 11 is 0. The van der Waals surface area contributed by atoms with Gasteiger partial charge in [0.25, 0.3) is 0 Å². The van der Waals surface area contributed by atoms with Gasteiger partial charge in [0.15, 0.2) is 5.82 Å². The van der Waals surface area contributed by atoms with Crippen molar-refractivity contribution < 1.29 is 17.6 Å². The van der Waals surface area contributed by atoms with Crippen molar-refractivity contribution in [2.75, 3.05) is 18.9 Å². The lowest BCUT2D eigenvalue weighted by atomic mass is 10.2. The van der Waals surface area contributed by atoms with Gasteiger partial charge in [-0.1, -0.05) is 0 Å². The molecule has 0 unspecified atom stereocenters. The molecule has 146 valence electrons. The van der Waals surface area contributed by atoms with Crippen molar-refractivity contribution in [2.45, 2.75) is 11.8 Å². The quantitative estimate of drug-likeness (QED) is 0.642. The van der Waals surface area contributed by atoms with Gasteiger partial charge >= 0.3 is 0 Å². The number of amides is 1. The Balaban J connectivity index is 1.74. The summed E-state index contributed by atoms with van der Waals surface area (Å²) in [6, 6.07) is 6.74. The Morgan fingerprint density at radius 3 is 2.75 bits per heavy atom. The van der Waals surface area contributed by atoms with E-state index in [1.54, 1.807) is 6.92 Å². The van der Waals surface area contributed by atoms with Crippen LogP contribution >= 0.6 is 0 Å². The number of nitrogens with one attached hydrogen (secondary N) is 1. The van der Waals surface area contributed by atoms with Crippen molar-refractivity contribution >= 4 is 21.6 Å². The Morgan fingerprint density at radius 2 is 2.11 bits per heavy atom. The van der Waals surface area contributed by atoms with Gasteiger partial charge in [0, 0.05) is 25.1 Å². The number of tetrazole rings is 1. The average Bonchev–Trinajstić information content (AvgIpc) is 3.09. The van der Waals surface area contributed by atoms with E-state index in [2.05, 4.69) is 25.8 Å². The number of hydrogen-bond donors (Lipinski definition) is 1. The third-order valence-corrected chi connectivity index (χ3v) is 5.58. The molecule has 28 heavy (non-hydrogen) atoms. The Labute approximate surface area is 160 Å². The van der Waals surface area contributed by atoms with E-state index in [0.29, 0.717) is 5.82 Å². The lowest BCUT2D eigenvalue weighted by Gasteiger charge is -2.17. The summed E-state index contributed by atoms with van der Waals surface area (Å²) in [6.07, 6.45) is 2.65. The SMILES string of the molecule is Cc1nnnn1-c1cc(NC(=O)CN(C)S(=O)(=O)c2cccnc2)ccc1F. The summed E-state index contributed by atoms with van der Waals surface area (Å²) in [4.78, 5) is 16.0. The molecule has 1 amide bonds. The molecule has 0 saturated heterocycles. The molecule has 0 radical (unpaired) electrons. The van der Waals surface area contributed by atoms with E-state index in [-0.39, 0.29) is 16.3 Å². The monoisotopic (exact) mass is 405 g/mol. The molecule has 0 aliphatic rings. The number of sulfonamides is 1. The summed E-state index contributed by atoms with van der Waals surface area (Å²) in [5, 5.41) is 13.4. The summed E-state index contributed by atoms with van der Waals surface area (Å²) in [7, 11) is -2.58. The third kappa shape index (κ3) is 4.02. The molecule has 2 heterocycles. The van der Waals surface area contributed by atoms with Crippen LogP contribution in [-0.4, -0.2) is 57.4 Å². The largest absolute Gasteiger partial charge is 0.325 e. The van der Waals surface area contributed by atoms with Crippen molar-refractivity contribution in [3.05, 3.63) is 54.4 Å². The van der Waals surface area contributed by atoms with Crippen LogP contribution in [0.2, 0.25) is 0 Å². The molecule has 0 aliphatic carbocycles. The summed E-state index contributed by atoms with van der Waals surface area (Å²) in [5.74, 6) is -0.810. The highest BCUT2D eigenvalue weighted by Crippen LogP contribution is 2.19. The van der Waals surface area contributed by atoms with Crippen molar-refractivity contribution in [3.8, 4) is 5.69 Å². The number of likely N-dealkylation sites (N-methyl/N-ethyl adjacent to an activating group) is 1. The number of carbonyl (C=O) groups is 1. The number of nitrogens with zero attached hydrogens (tertiary/aromatic N) is 6. The highest BCUT2D eigenvalue weighted by molar-refractivity contribution is 7.89. The van der Waals surface area contributed by atoms with Crippen molar-refractivity contribution in [3.63, 3.8) is 0 Å². The number of carbonyl (C=O) groups excluding carboxylic acids is 1. The van der Waals surface area contributed by atoms with Gasteiger partial charge in [-0.05, 0) is 47.7 Å². The summed E-state index contributed by atoms with van der Waals surface area (Å²) < 4.78 is 41.0. The van der Waals surface area contributed by atoms with Crippen molar-refractivity contribution in [1.82, 2.24) is 29.5 Å². The first-order valence-electron chi connectivity index (χ1n) is 8.00. The van der Waals surface area contributed by atoms with Gasteiger partial charge in [-0.15, -0.1) is 5.10 Å². The van der Waals surface area contributed by atoms with Crippen LogP contribution in [0.15, 0.2) is 47.6 Å². The van der Waals surface area contributed by atoms with E-state index >= 15 is 0 Å². The van der Waals surface area contributed by atoms with Crippen LogP contribution in [0.4, 0.5) is 10.1 Å². The highest BCUT2D eigenvalue weighted by atomic mass is 32.2. The second-order valence-corrected chi connectivity index (χ2v) is 7.85. The van der Waals surface area contributed by atoms with E-state index in [9.17, 15) is 17.6 Å². The molecule has 2 aromatic heterocycles. The van der Waals surface area contributed by atoms with Crippen LogP contribution in [0.1, 0.15) is 5.82 Å². The van der Waals surface area contributed by atoms with Crippen LogP contribution < -0.4 is 5.32 Å². The van der Waals surface area contributed by atoms with Gasteiger partial charge in [0.2, 0.25) is 15.9 Å². The normalized spacial score (nSPS) is 11.6. The lowest BCUT2D eigenvalue weighted by molar-refractivity contribution is -0.116. The first-order valence-corrected chi connectivity index (χ1v) is 9.44. The minimum absolute atomic E-state index is 0.0245. The maximum atomic E-state index is 14.1. The van der Waals surface area contributed by atoms with Gasteiger partial charge in [0.1, 0.15) is 16.4 Å². The lowest BCUT2D eigenvalue weighted by Crippen LogP contribution is -2.35. The zero-order valence-corrected chi connectivity index (χ0v) is 15.8. The van der Waals surface area contributed by atoms with Crippen LogP contribution in [0.25, 0.3) is 5.69 Å². The predicted octanol–water partition coefficient (Wildman–Crippen LogP) is 0.764. The molecule has 10 nitrogen and oxygen atoms in total. The minimum Gasteiger partial charge on any atom is -0.325 e. The van der Waals surface area contributed by atoms with Crippen LogP contribution in [0.3, 0.4) is 0 Å².